The molecule has 1 saturated heterocycles. The maximum Gasteiger partial charge on any atom is 0.269 e. The third-order valence-electron chi connectivity index (χ3n) is 6.11. The molecule has 4 rings (SSSR count). The maximum absolute atomic E-state index is 12.8. The molecule has 0 spiro atoms. The lowest BCUT2D eigenvalue weighted by molar-refractivity contribution is -0.384. The molecule has 0 saturated carbocycles. The number of nitro groups is 1. The van der Waals surface area contributed by atoms with E-state index in [1.807, 2.05) is 53.4 Å². The normalized spacial score (nSPS) is 13.2. The standard InChI is InChI=1S/C27H28N4O5/c1-2-20-3-5-21(6-4-20)27(33)30-17-15-29(16-18-30)23-9-7-22(8-10-23)28-26(32)19-36-25-13-11-24(12-14-25)31(34)35/h3-14H,2,15-19H2,1H3,(H,28,32). The van der Waals surface area contributed by atoms with Gasteiger partial charge in [0.15, 0.2) is 6.61 Å². The second-order valence-electron chi connectivity index (χ2n) is 8.46. The monoisotopic (exact) mass is 488 g/mol. The highest BCUT2D eigenvalue weighted by Gasteiger charge is 2.22. The number of amides is 2. The highest BCUT2D eigenvalue weighted by atomic mass is 16.6. The van der Waals surface area contributed by atoms with Gasteiger partial charge in [0.25, 0.3) is 17.5 Å². The minimum Gasteiger partial charge on any atom is -0.484 e. The summed E-state index contributed by atoms with van der Waals surface area (Å²) in [6, 6.07) is 20.9. The van der Waals surface area contributed by atoms with Gasteiger partial charge >= 0.3 is 0 Å². The number of carbonyl (C=O) groups is 2. The molecule has 1 heterocycles. The molecule has 2 amide bonds. The van der Waals surface area contributed by atoms with E-state index < -0.39 is 4.92 Å². The Balaban J connectivity index is 1.24. The molecule has 0 radical (unpaired) electrons. The van der Waals surface area contributed by atoms with E-state index in [2.05, 4.69) is 17.1 Å². The van der Waals surface area contributed by atoms with Gasteiger partial charge in [-0.1, -0.05) is 19.1 Å². The number of benzene rings is 3. The molecule has 9 heteroatoms. The van der Waals surface area contributed by atoms with E-state index in [9.17, 15) is 19.7 Å². The number of hydrogen-bond acceptors (Lipinski definition) is 6. The number of piperazine rings is 1. The van der Waals surface area contributed by atoms with Crippen LogP contribution in [0.15, 0.2) is 72.8 Å². The first-order chi connectivity index (χ1) is 17.4. The fourth-order valence-corrected chi connectivity index (χ4v) is 4.00. The Hall–Kier alpha value is -4.40. The van der Waals surface area contributed by atoms with Crippen molar-refractivity contribution in [1.29, 1.82) is 0 Å². The predicted octanol–water partition coefficient (Wildman–Crippen LogP) is 4.14. The zero-order chi connectivity index (χ0) is 25.5. The number of nitro benzene ring substituents is 1. The molecule has 36 heavy (non-hydrogen) atoms. The number of non-ortho nitro benzene ring substituents is 1. The van der Waals surface area contributed by atoms with Crippen molar-refractivity contribution in [2.24, 2.45) is 0 Å². The van der Waals surface area contributed by atoms with Gasteiger partial charge in [-0.15, -0.1) is 0 Å². The molecule has 1 fully saturated rings. The van der Waals surface area contributed by atoms with E-state index in [-0.39, 0.29) is 24.1 Å². The Bertz CT molecular complexity index is 1200. The first-order valence-electron chi connectivity index (χ1n) is 11.8. The Kier molecular flexibility index (Phi) is 7.79. The van der Waals surface area contributed by atoms with Gasteiger partial charge in [-0.05, 0) is 60.5 Å². The average molecular weight is 489 g/mol. The molecule has 1 aliphatic rings. The van der Waals surface area contributed by atoms with Gasteiger partial charge in [0.05, 0.1) is 4.92 Å². The summed E-state index contributed by atoms with van der Waals surface area (Å²) in [5.41, 5.74) is 3.56. The topological polar surface area (TPSA) is 105 Å². The third kappa shape index (κ3) is 6.18. The summed E-state index contributed by atoms with van der Waals surface area (Å²) in [5, 5.41) is 13.5. The summed E-state index contributed by atoms with van der Waals surface area (Å²) in [5.74, 6) is 0.105. The first-order valence-corrected chi connectivity index (χ1v) is 11.8. The van der Waals surface area contributed by atoms with Crippen molar-refractivity contribution >= 4 is 28.9 Å². The van der Waals surface area contributed by atoms with Crippen molar-refractivity contribution in [3.05, 3.63) is 94.0 Å². The zero-order valence-corrected chi connectivity index (χ0v) is 20.1. The van der Waals surface area contributed by atoms with Crippen LogP contribution in [-0.2, 0) is 11.2 Å². The van der Waals surface area contributed by atoms with Crippen LogP contribution in [0.25, 0.3) is 0 Å². The summed E-state index contributed by atoms with van der Waals surface area (Å²) in [4.78, 5) is 39.3. The molecular weight excluding hydrogens is 460 g/mol. The van der Waals surface area contributed by atoms with Gasteiger partial charge in [-0.2, -0.15) is 0 Å². The van der Waals surface area contributed by atoms with Crippen LogP contribution in [0.2, 0.25) is 0 Å². The summed E-state index contributed by atoms with van der Waals surface area (Å²) in [6.45, 7) is 4.63. The SMILES string of the molecule is CCc1ccc(C(=O)N2CCN(c3ccc(NC(=O)COc4ccc([N+](=O)[O-])cc4)cc3)CC2)cc1. The summed E-state index contributed by atoms with van der Waals surface area (Å²) >= 11 is 0. The van der Waals surface area contributed by atoms with Gasteiger partial charge in [-0.3, -0.25) is 19.7 Å². The first kappa shape index (κ1) is 24.7. The fraction of sp³-hybridized carbons (Fsp3) is 0.259. The van der Waals surface area contributed by atoms with Gasteiger partial charge in [0, 0.05) is 55.2 Å². The molecule has 3 aromatic carbocycles. The van der Waals surface area contributed by atoms with Gasteiger partial charge in [0.1, 0.15) is 5.75 Å². The molecule has 186 valence electrons. The van der Waals surface area contributed by atoms with Gasteiger partial charge in [-0.25, -0.2) is 0 Å². The lowest BCUT2D eigenvalue weighted by Gasteiger charge is -2.36. The second kappa shape index (κ2) is 11.4. The Morgan fingerprint density at radius 3 is 2.14 bits per heavy atom. The van der Waals surface area contributed by atoms with Crippen LogP contribution >= 0.6 is 0 Å². The van der Waals surface area contributed by atoms with E-state index in [0.29, 0.717) is 24.5 Å². The molecule has 1 aliphatic heterocycles. The van der Waals surface area contributed by atoms with E-state index in [1.165, 1.54) is 29.8 Å². The molecule has 3 aromatic rings. The molecule has 1 N–H and O–H groups in total. The fourth-order valence-electron chi connectivity index (χ4n) is 4.00. The van der Waals surface area contributed by atoms with Crippen molar-refractivity contribution in [2.45, 2.75) is 13.3 Å². The van der Waals surface area contributed by atoms with Crippen molar-refractivity contribution in [1.82, 2.24) is 4.90 Å². The molecule has 0 aliphatic carbocycles. The molecule has 0 unspecified atom stereocenters. The summed E-state index contributed by atoms with van der Waals surface area (Å²) < 4.78 is 5.39. The largest absolute Gasteiger partial charge is 0.484 e. The molecule has 0 bridgehead atoms. The van der Waals surface area contributed by atoms with Crippen LogP contribution < -0.4 is 15.0 Å². The summed E-state index contributed by atoms with van der Waals surface area (Å²) in [6.07, 6.45) is 0.950. The quantitative estimate of drug-likeness (QED) is 0.378. The van der Waals surface area contributed by atoms with Crippen LogP contribution in [0.5, 0.6) is 5.75 Å². The number of nitrogens with zero attached hydrogens (tertiary/aromatic N) is 3. The van der Waals surface area contributed by atoms with Crippen LogP contribution in [0.3, 0.4) is 0 Å². The zero-order valence-electron chi connectivity index (χ0n) is 20.1. The number of ether oxygens (including phenoxy) is 1. The van der Waals surface area contributed by atoms with Gasteiger partial charge in [0.2, 0.25) is 0 Å². The highest BCUT2D eigenvalue weighted by Crippen LogP contribution is 2.21. The van der Waals surface area contributed by atoms with Crippen molar-refractivity contribution in [3.8, 4) is 5.75 Å². The minimum atomic E-state index is -0.494. The Labute approximate surface area is 209 Å². The number of carbonyl (C=O) groups excluding carboxylic acids is 2. The van der Waals surface area contributed by atoms with Crippen molar-refractivity contribution < 1.29 is 19.2 Å². The highest BCUT2D eigenvalue weighted by molar-refractivity contribution is 5.94. The van der Waals surface area contributed by atoms with Crippen molar-refractivity contribution in [2.75, 3.05) is 43.0 Å². The van der Waals surface area contributed by atoms with Crippen LogP contribution in [0.1, 0.15) is 22.8 Å². The molecular formula is C27H28N4O5. The number of hydrogen-bond donors (Lipinski definition) is 1. The average Bonchev–Trinajstić information content (AvgIpc) is 2.92. The van der Waals surface area contributed by atoms with Crippen LogP contribution in [-0.4, -0.2) is 54.4 Å². The number of nitrogens with one attached hydrogen (secondary N) is 1. The second-order valence-corrected chi connectivity index (χ2v) is 8.46. The van der Waals surface area contributed by atoms with E-state index in [4.69, 9.17) is 4.74 Å². The smallest absolute Gasteiger partial charge is 0.269 e. The van der Waals surface area contributed by atoms with Crippen molar-refractivity contribution in [3.63, 3.8) is 0 Å². The lowest BCUT2D eigenvalue weighted by Crippen LogP contribution is -2.48. The van der Waals surface area contributed by atoms with Crippen LogP contribution in [0.4, 0.5) is 17.1 Å². The lowest BCUT2D eigenvalue weighted by atomic mass is 10.1. The number of aryl methyl sites for hydroxylation is 1. The van der Waals surface area contributed by atoms with E-state index >= 15 is 0 Å². The molecule has 0 aromatic heterocycles. The molecule has 0 atom stereocenters. The Morgan fingerprint density at radius 1 is 0.917 bits per heavy atom. The van der Waals surface area contributed by atoms with Crippen LogP contribution in [0, 0.1) is 10.1 Å². The molecule has 9 nitrogen and oxygen atoms in total. The van der Waals surface area contributed by atoms with E-state index in [1.54, 1.807) is 0 Å². The Morgan fingerprint density at radius 2 is 1.56 bits per heavy atom. The maximum atomic E-state index is 12.8. The number of rotatable bonds is 8. The number of anilines is 2. The van der Waals surface area contributed by atoms with E-state index in [0.717, 1.165) is 30.8 Å². The predicted molar refractivity (Wildman–Crippen MR) is 138 cm³/mol. The third-order valence-corrected chi connectivity index (χ3v) is 6.11. The summed E-state index contributed by atoms with van der Waals surface area (Å²) in [7, 11) is 0. The van der Waals surface area contributed by atoms with Gasteiger partial charge < -0.3 is 19.9 Å². The minimum absolute atomic E-state index is 0.0402.